The molecule has 0 aromatic heterocycles. The second-order valence-corrected chi connectivity index (χ2v) is 3.53. The van der Waals surface area contributed by atoms with Crippen molar-refractivity contribution in [3.8, 4) is 0 Å². The highest BCUT2D eigenvalue weighted by molar-refractivity contribution is 5.31. The summed E-state index contributed by atoms with van der Waals surface area (Å²) in [5.41, 5.74) is 10.0. The minimum Gasteiger partial charge on any atom is -0.330 e. The van der Waals surface area contributed by atoms with Crippen molar-refractivity contribution in [1.82, 2.24) is 0 Å². The van der Waals surface area contributed by atoms with Crippen molar-refractivity contribution in [3.63, 3.8) is 0 Å². The van der Waals surface area contributed by atoms with Crippen LogP contribution in [0.1, 0.15) is 13.8 Å². The zero-order valence-electron chi connectivity index (χ0n) is 8.33. The number of nitrogens with two attached hydrogens (primary N) is 1. The second kappa shape index (κ2) is 4.86. The lowest BCUT2D eigenvalue weighted by Gasteiger charge is -2.18. The molecule has 70 valence electrons. The molecule has 0 heterocycles. The summed E-state index contributed by atoms with van der Waals surface area (Å²) < 4.78 is 0. The Balaban J connectivity index is 2.73. The third-order valence-electron chi connectivity index (χ3n) is 2.60. The van der Waals surface area contributed by atoms with E-state index in [9.17, 15) is 0 Å². The average molecular weight is 175 g/mol. The Hall–Kier alpha value is -1.04. The molecule has 0 saturated carbocycles. The van der Waals surface area contributed by atoms with Crippen molar-refractivity contribution in [2.45, 2.75) is 13.8 Å². The van der Waals surface area contributed by atoms with Gasteiger partial charge in [0.05, 0.1) is 0 Å². The van der Waals surface area contributed by atoms with E-state index >= 15 is 0 Å². The third-order valence-corrected chi connectivity index (χ3v) is 2.60. The molecular formula is C12H17N. The summed E-state index contributed by atoms with van der Waals surface area (Å²) in [6.07, 6.45) is 10.1. The maximum atomic E-state index is 5.63. The lowest BCUT2D eigenvalue weighted by atomic mass is 9.88. The molecular weight excluding hydrogens is 158 g/mol. The van der Waals surface area contributed by atoms with Crippen molar-refractivity contribution >= 4 is 0 Å². The standard InChI is InChI=1S/C12H17N/c1-10(9-13)11(2)12-7-5-3-4-6-8-12/h3,5-8,10-11H,9,13H2,1-2H3/t10-,11+/m1/s1. The Morgan fingerprint density at radius 2 is 2.15 bits per heavy atom. The van der Waals surface area contributed by atoms with Gasteiger partial charge in [0, 0.05) is 0 Å². The Kier molecular flexibility index (Phi) is 3.75. The maximum absolute atomic E-state index is 5.63. The van der Waals surface area contributed by atoms with Crippen LogP contribution in [0.25, 0.3) is 0 Å². The molecule has 1 rings (SSSR count). The van der Waals surface area contributed by atoms with Crippen LogP contribution >= 0.6 is 0 Å². The van der Waals surface area contributed by atoms with Crippen molar-refractivity contribution < 1.29 is 0 Å². The summed E-state index contributed by atoms with van der Waals surface area (Å²) in [5.74, 6) is 1.05. The summed E-state index contributed by atoms with van der Waals surface area (Å²) in [6, 6.07) is 0. The second-order valence-electron chi connectivity index (χ2n) is 3.53. The average Bonchev–Trinajstić information content (AvgIpc) is 2.43. The number of allylic oxidation sites excluding steroid dienone is 5. The largest absolute Gasteiger partial charge is 0.330 e. The van der Waals surface area contributed by atoms with Gasteiger partial charge in [-0.3, -0.25) is 0 Å². The molecule has 0 unspecified atom stereocenters. The van der Waals surface area contributed by atoms with Gasteiger partial charge in [0.15, 0.2) is 0 Å². The van der Waals surface area contributed by atoms with Gasteiger partial charge in [-0.2, -0.15) is 0 Å². The van der Waals surface area contributed by atoms with Crippen molar-refractivity contribution in [3.05, 3.63) is 41.7 Å². The van der Waals surface area contributed by atoms with Crippen LogP contribution in [-0.2, 0) is 0 Å². The molecule has 0 amide bonds. The van der Waals surface area contributed by atoms with Gasteiger partial charge in [-0.25, -0.2) is 0 Å². The van der Waals surface area contributed by atoms with Crippen molar-refractivity contribution in [2.24, 2.45) is 17.6 Å². The van der Waals surface area contributed by atoms with Gasteiger partial charge >= 0.3 is 0 Å². The molecule has 0 spiro atoms. The van der Waals surface area contributed by atoms with Gasteiger partial charge in [0.25, 0.3) is 0 Å². The molecule has 1 aliphatic rings. The van der Waals surface area contributed by atoms with E-state index in [0.717, 1.165) is 6.54 Å². The first-order chi connectivity index (χ1) is 6.25. The third kappa shape index (κ3) is 2.73. The maximum Gasteiger partial charge on any atom is -0.00458 e. The zero-order chi connectivity index (χ0) is 9.68. The van der Waals surface area contributed by atoms with E-state index < -0.39 is 0 Å². The lowest BCUT2D eigenvalue weighted by Crippen LogP contribution is -2.19. The molecule has 2 atom stereocenters. The smallest absolute Gasteiger partial charge is 0.00458 e. The Morgan fingerprint density at radius 3 is 2.85 bits per heavy atom. The summed E-state index contributed by atoms with van der Waals surface area (Å²) in [5, 5.41) is 0. The normalized spacial score (nSPS) is 19.5. The van der Waals surface area contributed by atoms with E-state index in [1.807, 2.05) is 18.2 Å². The van der Waals surface area contributed by atoms with Gasteiger partial charge in [-0.15, -0.1) is 5.73 Å². The number of hydrogen-bond acceptors (Lipinski definition) is 1. The molecule has 2 N–H and O–H groups in total. The van der Waals surface area contributed by atoms with E-state index in [1.54, 1.807) is 0 Å². The molecule has 1 heteroatoms. The molecule has 0 bridgehead atoms. The van der Waals surface area contributed by atoms with Crippen molar-refractivity contribution in [1.29, 1.82) is 0 Å². The van der Waals surface area contributed by atoms with E-state index in [0.29, 0.717) is 11.8 Å². The molecule has 1 aliphatic carbocycles. The van der Waals surface area contributed by atoms with E-state index in [2.05, 4.69) is 31.7 Å². The highest BCUT2D eigenvalue weighted by Crippen LogP contribution is 2.21. The summed E-state index contributed by atoms with van der Waals surface area (Å²) in [7, 11) is 0. The first kappa shape index (κ1) is 10.0. The Morgan fingerprint density at radius 1 is 1.38 bits per heavy atom. The van der Waals surface area contributed by atoms with Crippen LogP contribution < -0.4 is 5.73 Å². The van der Waals surface area contributed by atoms with Crippen LogP contribution in [0.15, 0.2) is 41.7 Å². The van der Waals surface area contributed by atoms with E-state index in [4.69, 9.17) is 5.73 Å². The quantitative estimate of drug-likeness (QED) is 0.655. The molecule has 1 nitrogen and oxygen atoms in total. The summed E-state index contributed by atoms with van der Waals surface area (Å²) in [6.45, 7) is 5.14. The highest BCUT2D eigenvalue weighted by Gasteiger charge is 2.12. The number of rotatable bonds is 3. The summed E-state index contributed by atoms with van der Waals surface area (Å²) >= 11 is 0. The van der Waals surface area contributed by atoms with Crippen LogP contribution in [0.4, 0.5) is 0 Å². The summed E-state index contributed by atoms with van der Waals surface area (Å²) in [4.78, 5) is 0. The molecule has 13 heavy (non-hydrogen) atoms. The van der Waals surface area contributed by atoms with Crippen LogP contribution in [0.2, 0.25) is 0 Å². The Bertz CT molecular complexity index is 277. The molecule has 0 fully saturated rings. The van der Waals surface area contributed by atoms with Crippen LogP contribution in [0.5, 0.6) is 0 Å². The molecule has 0 aromatic carbocycles. The van der Waals surface area contributed by atoms with E-state index in [1.165, 1.54) is 5.57 Å². The minimum absolute atomic E-state index is 0.519. The number of hydrogen-bond donors (Lipinski definition) is 1. The van der Waals surface area contributed by atoms with Crippen molar-refractivity contribution in [2.75, 3.05) is 6.54 Å². The van der Waals surface area contributed by atoms with Crippen LogP contribution in [0, 0.1) is 11.8 Å². The zero-order valence-corrected chi connectivity index (χ0v) is 8.33. The molecule has 0 radical (unpaired) electrons. The molecule has 0 aromatic rings. The fourth-order valence-electron chi connectivity index (χ4n) is 1.31. The van der Waals surface area contributed by atoms with Gasteiger partial charge in [-0.05, 0) is 36.1 Å². The van der Waals surface area contributed by atoms with Crippen LogP contribution in [-0.4, -0.2) is 6.54 Å². The molecule has 0 saturated heterocycles. The first-order valence-electron chi connectivity index (χ1n) is 4.75. The van der Waals surface area contributed by atoms with Gasteiger partial charge in [0.2, 0.25) is 0 Å². The monoisotopic (exact) mass is 175 g/mol. The minimum atomic E-state index is 0.519. The van der Waals surface area contributed by atoms with Gasteiger partial charge in [0.1, 0.15) is 0 Å². The molecule has 0 aliphatic heterocycles. The highest BCUT2D eigenvalue weighted by atomic mass is 14.5. The SMILES string of the molecule is C[C@H](CN)[C@H](C)C1=CC=C=CC=C1. The predicted octanol–water partition coefficient (Wildman–Crippen LogP) is 2.42. The predicted molar refractivity (Wildman–Crippen MR) is 57.3 cm³/mol. The topological polar surface area (TPSA) is 26.0 Å². The van der Waals surface area contributed by atoms with E-state index in [-0.39, 0.29) is 0 Å². The fourth-order valence-corrected chi connectivity index (χ4v) is 1.31. The lowest BCUT2D eigenvalue weighted by molar-refractivity contribution is 0.457. The fraction of sp³-hybridized carbons (Fsp3) is 0.417. The van der Waals surface area contributed by atoms with Gasteiger partial charge < -0.3 is 5.73 Å². The Labute approximate surface area is 80.3 Å². The van der Waals surface area contributed by atoms with Gasteiger partial charge in [-0.1, -0.05) is 32.1 Å². The van der Waals surface area contributed by atoms with Crippen LogP contribution in [0.3, 0.4) is 0 Å². The first-order valence-corrected chi connectivity index (χ1v) is 4.75.